The molecule has 7 rings (SSSR count). The molecule has 3 aliphatic carbocycles. The van der Waals surface area contributed by atoms with E-state index in [0.29, 0.717) is 33.9 Å². The number of aliphatic carboxylic acids is 1. The van der Waals surface area contributed by atoms with Gasteiger partial charge in [-0.05, 0) is 42.5 Å². The third kappa shape index (κ3) is 4.56. The number of H-pyrrole nitrogens is 1. The van der Waals surface area contributed by atoms with Crippen molar-refractivity contribution in [3.05, 3.63) is 41.1 Å². The summed E-state index contributed by atoms with van der Waals surface area (Å²) < 4.78 is 0. The summed E-state index contributed by atoms with van der Waals surface area (Å²) in [5.74, 6) is 1.59. The van der Waals surface area contributed by atoms with E-state index in [1.807, 2.05) is 17.5 Å². The zero-order valence-corrected chi connectivity index (χ0v) is 19.3. The van der Waals surface area contributed by atoms with Gasteiger partial charge in [-0.3, -0.25) is 4.79 Å². The monoisotopic (exact) mass is 482 g/mol. The molecule has 4 aromatic heterocycles. The molecule has 1 unspecified atom stereocenters. The van der Waals surface area contributed by atoms with Crippen molar-refractivity contribution >= 4 is 45.9 Å². The number of carboxylic acid groups (broad SMARTS) is 1. The van der Waals surface area contributed by atoms with Crippen LogP contribution in [0, 0.1) is 17.8 Å². The van der Waals surface area contributed by atoms with Crippen LogP contribution in [0.5, 0.6) is 0 Å². The summed E-state index contributed by atoms with van der Waals surface area (Å²) in [5, 5.41) is 11.2. The van der Waals surface area contributed by atoms with Crippen LogP contribution in [0.2, 0.25) is 5.15 Å². The highest BCUT2D eigenvalue weighted by molar-refractivity contribution is 7.13. The van der Waals surface area contributed by atoms with Crippen molar-refractivity contribution in [3.63, 3.8) is 0 Å². The van der Waals surface area contributed by atoms with E-state index in [0.717, 1.165) is 28.5 Å². The van der Waals surface area contributed by atoms with Crippen LogP contribution < -0.4 is 5.73 Å². The molecule has 4 N–H and O–H groups in total. The summed E-state index contributed by atoms with van der Waals surface area (Å²) in [5.41, 5.74) is 8.67. The smallest absolute Gasteiger partial charge is 0.306 e. The minimum absolute atomic E-state index is 0.00231. The third-order valence-corrected chi connectivity index (χ3v) is 7.55. The molecule has 0 radical (unpaired) electrons. The zero-order chi connectivity index (χ0) is 22.9. The highest BCUT2D eigenvalue weighted by Gasteiger charge is 2.39. The van der Waals surface area contributed by atoms with Gasteiger partial charge < -0.3 is 15.8 Å². The first-order valence-corrected chi connectivity index (χ1v) is 12.1. The van der Waals surface area contributed by atoms with Gasteiger partial charge in [0.25, 0.3) is 0 Å². The average Bonchev–Trinajstić information content (AvgIpc) is 3.50. The summed E-state index contributed by atoms with van der Waals surface area (Å²) in [6.07, 6.45) is 9.11. The quantitative estimate of drug-likeness (QED) is 0.362. The molecule has 33 heavy (non-hydrogen) atoms. The Labute approximate surface area is 199 Å². The van der Waals surface area contributed by atoms with Gasteiger partial charge in [0.15, 0.2) is 11.5 Å². The van der Waals surface area contributed by atoms with Crippen molar-refractivity contribution in [2.75, 3.05) is 5.73 Å². The number of anilines is 1. The number of thiophene rings is 1. The number of nitrogens with one attached hydrogen (secondary N) is 1. The molecule has 0 aliphatic heterocycles. The number of hydrogen-bond acceptors (Lipinski definition) is 7. The molecule has 3 saturated carbocycles. The van der Waals surface area contributed by atoms with Gasteiger partial charge >= 0.3 is 5.97 Å². The zero-order valence-electron chi connectivity index (χ0n) is 17.7. The fourth-order valence-electron chi connectivity index (χ4n) is 4.86. The topological polar surface area (TPSA) is 131 Å². The van der Waals surface area contributed by atoms with Crippen molar-refractivity contribution in [3.8, 4) is 22.0 Å². The molecule has 1 atom stereocenters. The van der Waals surface area contributed by atoms with Gasteiger partial charge in [0, 0.05) is 12.3 Å². The van der Waals surface area contributed by atoms with Crippen molar-refractivity contribution in [2.24, 2.45) is 17.8 Å². The molecule has 0 amide bonds. The van der Waals surface area contributed by atoms with Crippen LogP contribution in [0.15, 0.2) is 36.0 Å². The second kappa shape index (κ2) is 9.07. The number of nitrogens with two attached hydrogens (primary N) is 1. The van der Waals surface area contributed by atoms with Gasteiger partial charge in [0.05, 0.1) is 28.2 Å². The predicted molar refractivity (Wildman–Crippen MR) is 129 cm³/mol. The van der Waals surface area contributed by atoms with E-state index >= 15 is 0 Å². The predicted octanol–water partition coefficient (Wildman–Crippen LogP) is 5.28. The fraction of sp³-hybridized carbons (Fsp3) is 0.348. The Morgan fingerprint density at radius 3 is 2.67 bits per heavy atom. The van der Waals surface area contributed by atoms with Gasteiger partial charge in [0.2, 0.25) is 0 Å². The molecule has 10 heteroatoms. The molecular weight excluding hydrogens is 460 g/mol. The van der Waals surface area contributed by atoms with Gasteiger partial charge in [-0.25, -0.2) is 19.9 Å². The van der Waals surface area contributed by atoms with Crippen LogP contribution >= 0.6 is 22.9 Å². The number of rotatable bonds is 3. The van der Waals surface area contributed by atoms with Gasteiger partial charge in [-0.15, -0.1) is 11.3 Å². The molecule has 8 nitrogen and oxygen atoms in total. The highest BCUT2D eigenvalue weighted by atomic mass is 35.5. The minimum atomic E-state index is -0.556. The first-order chi connectivity index (χ1) is 16.0. The van der Waals surface area contributed by atoms with Crippen molar-refractivity contribution in [1.29, 1.82) is 0 Å². The Bertz CT molecular complexity index is 1280. The van der Waals surface area contributed by atoms with Crippen molar-refractivity contribution in [1.82, 2.24) is 24.9 Å². The van der Waals surface area contributed by atoms with Gasteiger partial charge in [-0.1, -0.05) is 30.5 Å². The molecule has 3 fully saturated rings. The van der Waals surface area contributed by atoms with Gasteiger partial charge in [0.1, 0.15) is 16.5 Å². The first-order valence-electron chi connectivity index (χ1n) is 10.9. The minimum Gasteiger partial charge on any atom is -0.481 e. The second-order valence-corrected chi connectivity index (χ2v) is 9.87. The normalized spacial score (nSPS) is 21.5. The average molecular weight is 483 g/mol. The lowest BCUT2D eigenvalue weighted by Crippen LogP contribution is -2.35. The molecule has 0 saturated heterocycles. The summed E-state index contributed by atoms with van der Waals surface area (Å²) in [4.78, 5) is 32.2. The molecule has 4 aromatic rings. The number of fused-ring (bicyclic) bond motifs is 4. The van der Waals surface area contributed by atoms with E-state index in [-0.39, 0.29) is 5.92 Å². The number of nitrogens with zero attached hydrogens (tertiary/aromatic N) is 4. The highest BCUT2D eigenvalue weighted by Crippen LogP contribution is 2.44. The Morgan fingerprint density at radius 2 is 2.03 bits per heavy atom. The Kier molecular flexibility index (Phi) is 5.99. The molecule has 0 spiro atoms. The first kappa shape index (κ1) is 21.8. The largest absolute Gasteiger partial charge is 0.481 e. The van der Waals surface area contributed by atoms with Crippen molar-refractivity contribution in [2.45, 2.75) is 32.1 Å². The Balaban J connectivity index is 0.000000174. The van der Waals surface area contributed by atoms with E-state index in [4.69, 9.17) is 22.4 Å². The number of carboxylic acids is 1. The lowest BCUT2D eigenvalue weighted by Gasteiger charge is -2.40. The SMILES string of the molecule is Nc1cc(-c2cccs2)nc(-c2c[nH]c3ncc(Cl)nc23)n1.O=C(O)C1CC2CCC1CC2. The lowest BCUT2D eigenvalue weighted by molar-refractivity contribution is -0.147. The molecular formula is C23H23ClN6O2S. The summed E-state index contributed by atoms with van der Waals surface area (Å²) >= 11 is 7.52. The second-order valence-electron chi connectivity index (χ2n) is 8.53. The number of nitrogen functional groups attached to an aromatic ring is 1. The summed E-state index contributed by atoms with van der Waals surface area (Å²) in [6, 6.07) is 5.71. The van der Waals surface area contributed by atoms with Crippen LogP contribution in [-0.4, -0.2) is 36.0 Å². The Hall–Kier alpha value is -3.04. The number of carbonyl (C=O) groups is 1. The van der Waals surface area contributed by atoms with Crippen LogP contribution in [0.25, 0.3) is 33.1 Å². The third-order valence-electron chi connectivity index (χ3n) is 6.48. The maximum absolute atomic E-state index is 10.7. The molecule has 2 bridgehead atoms. The van der Waals surface area contributed by atoms with E-state index in [1.54, 1.807) is 23.6 Å². The molecule has 4 heterocycles. The van der Waals surface area contributed by atoms with E-state index in [2.05, 4.69) is 24.9 Å². The van der Waals surface area contributed by atoms with Crippen LogP contribution in [0.3, 0.4) is 0 Å². The van der Waals surface area contributed by atoms with E-state index in [1.165, 1.54) is 31.9 Å². The summed E-state index contributed by atoms with van der Waals surface area (Å²) in [7, 11) is 0. The fourth-order valence-corrected chi connectivity index (χ4v) is 5.68. The van der Waals surface area contributed by atoms with E-state index in [9.17, 15) is 4.79 Å². The molecule has 0 aromatic carbocycles. The number of halogens is 1. The number of aromatic nitrogens is 5. The van der Waals surface area contributed by atoms with Crippen molar-refractivity contribution < 1.29 is 9.90 Å². The van der Waals surface area contributed by atoms with Crippen LogP contribution in [-0.2, 0) is 4.79 Å². The van der Waals surface area contributed by atoms with Crippen LogP contribution in [0.1, 0.15) is 32.1 Å². The molecule has 3 aliphatic rings. The summed E-state index contributed by atoms with van der Waals surface area (Å²) in [6.45, 7) is 0. The van der Waals surface area contributed by atoms with Gasteiger partial charge in [-0.2, -0.15) is 0 Å². The van der Waals surface area contributed by atoms with E-state index < -0.39 is 5.97 Å². The lowest BCUT2D eigenvalue weighted by atomic mass is 9.65. The number of aromatic amines is 1. The van der Waals surface area contributed by atoms with Crippen LogP contribution in [0.4, 0.5) is 5.82 Å². The maximum atomic E-state index is 10.7. The number of hydrogen-bond donors (Lipinski definition) is 3. The molecule has 170 valence electrons. The Morgan fingerprint density at radius 1 is 1.21 bits per heavy atom. The maximum Gasteiger partial charge on any atom is 0.306 e. The standard InChI is InChI=1S/C14H9ClN6S.C9H14O2/c15-10-6-18-14-12(20-10)7(5-17-14)13-19-8(4-11(16)21-13)9-2-1-3-22-9;10-9(11)8-5-6-1-3-7(8)4-2-6/h1-6H,(H,17,18)(H2,16,19,21);6-8H,1-5H2,(H,10,11).